The Morgan fingerprint density at radius 3 is 2.71 bits per heavy atom. The second-order valence-corrected chi connectivity index (χ2v) is 5.71. The Labute approximate surface area is 112 Å². The Balaban J connectivity index is 2.18. The maximum Gasteiger partial charge on any atom is 0.256 e. The monoisotopic (exact) mass is 313 g/mol. The molecule has 1 fully saturated rings. The average molecular weight is 315 g/mol. The third-order valence-corrected chi connectivity index (χ3v) is 4.04. The van der Waals surface area contributed by atoms with E-state index in [0.29, 0.717) is 16.2 Å². The van der Waals surface area contributed by atoms with Gasteiger partial charge >= 0.3 is 0 Å². The quantitative estimate of drug-likeness (QED) is 0.837. The molecule has 1 saturated carbocycles. The number of nitrogens with one attached hydrogen (secondary N) is 1. The van der Waals surface area contributed by atoms with E-state index in [-0.39, 0.29) is 11.7 Å². The normalized spacial score (nSPS) is 20.9. The molecule has 1 aromatic rings. The van der Waals surface area contributed by atoms with Crippen LogP contribution in [0.2, 0.25) is 5.02 Å². The van der Waals surface area contributed by atoms with Gasteiger partial charge in [0.05, 0.1) is 11.1 Å². The van der Waals surface area contributed by atoms with Gasteiger partial charge in [-0.1, -0.05) is 27.5 Å². The molecule has 3 rings (SSSR count). The van der Waals surface area contributed by atoms with E-state index in [2.05, 4.69) is 21.2 Å². The summed E-state index contributed by atoms with van der Waals surface area (Å²) in [5.74, 6) is -0.123. The molecule has 5 heteroatoms. The molecule has 0 radical (unpaired) electrons. The lowest BCUT2D eigenvalue weighted by molar-refractivity contribution is -0.115. The minimum absolute atomic E-state index is 0.127. The maximum absolute atomic E-state index is 11.9. The molecule has 1 aromatic carbocycles. The van der Waals surface area contributed by atoms with Gasteiger partial charge in [-0.25, -0.2) is 0 Å². The van der Waals surface area contributed by atoms with Crippen LogP contribution in [0.4, 0.5) is 0 Å². The largest absolute Gasteiger partial charge is 0.509 e. The Bertz CT molecular complexity index is 564. The minimum atomic E-state index is -0.502. The molecule has 1 amide bonds. The molecule has 0 bridgehead atoms. The third kappa shape index (κ3) is 1.58. The second-order valence-electron chi connectivity index (χ2n) is 4.38. The number of rotatable bonds is 1. The number of carbonyl (C=O) groups excluding carboxylic acids is 1. The van der Waals surface area contributed by atoms with Gasteiger partial charge in [-0.3, -0.25) is 4.79 Å². The van der Waals surface area contributed by atoms with Crippen LogP contribution in [0.1, 0.15) is 18.4 Å². The molecule has 1 aliphatic heterocycles. The number of aliphatic hydroxyl groups is 1. The molecule has 2 N–H and O–H groups in total. The Hall–Kier alpha value is -1.000. The van der Waals surface area contributed by atoms with Gasteiger partial charge in [0.25, 0.3) is 5.91 Å². The Kier molecular flexibility index (Phi) is 2.28. The lowest BCUT2D eigenvalue weighted by atomic mass is 10.0. The van der Waals surface area contributed by atoms with Crippen molar-refractivity contribution in [1.82, 2.24) is 5.32 Å². The molecule has 17 heavy (non-hydrogen) atoms. The van der Waals surface area contributed by atoms with Crippen LogP contribution in [0.3, 0.4) is 0 Å². The van der Waals surface area contributed by atoms with Crippen molar-refractivity contribution >= 4 is 39.0 Å². The van der Waals surface area contributed by atoms with Crippen molar-refractivity contribution in [1.29, 1.82) is 0 Å². The van der Waals surface area contributed by atoms with Gasteiger partial charge in [-0.05, 0) is 31.0 Å². The van der Waals surface area contributed by atoms with Crippen LogP contribution in [-0.4, -0.2) is 16.6 Å². The average Bonchev–Trinajstić information content (AvgIpc) is 2.99. The van der Waals surface area contributed by atoms with Crippen LogP contribution in [0.5, 0.6) is 0 Å². The van der Waals surface area contributed by atoms with Gasteiger partial charge in [0.2, 0.25) is 0 Å². The van der Waals surface area contributed by atoms with E-state index in [9.17, 15) is 9.90 Å². The summed E-state index contributed by atoms with van der Waals surface area (Å²) >= 11 is 9.41. The molecule has 0 aromatic heterocycles. The lowest BCUT2D eigenvalue weighted by Gasteiger charge is -2.06. The highest BCUT2D eigenvalue weighted by Gasteiger charge is 2.55. The highest BCUT2D eigenvalue weighted by atomic mass is 79.9. The molecule has 0 unspecified atom stereocenters. The summed E-state index contributed by atoms with van der Waals surface area (Å²) in [5.41, 5.74) is 0.367. The van der Waals surface area contributed by atoms with Crippen LogP contribution in [0, 0.1) is 0 Å². The predicted octanol–water partition coefficient (Wildman–Crippen LogP) is 3.03. The van der Waals surface area contributed by atoms with Crippen LogP contribution < -0.4 is 5.32 Å². The Morgan fingerprint density at radius 2 is 2.12 bits per heavy atom. The zero-order valence-electron chi connectivity index (χ0n) is 8.76. The van der Waals surface area contributed by atoms with E-state index < -0.39 is 5.54 Å². The summed E-state index contributed by atoms with van der Waals surface area (Å²) in [6.45, 7) is 0. The summed E-state index contributed by atoms with van der Waals surface area (Å²) in [7, 11) is 0. The standard InChI is InChI=1S/C12H9BrClNO2/c13-6-1-2-8(14)7(5-6)9-10(16)12(3-4-12)15-11(9)17/h1-2,5,16H,3-4H2,(H,15,17). The van der Waals surface area contributed by atoms with Crippen LogP contribution in [0.25, 0.3) is 5.57 Å². The van der Waals surface area contributed by atoms with E-state index in [1.165, 1.54) is 0 Å². The zero-order chi connectivity index (χ0) is 12.2. The number of aliphatic hydroxyl groups excluding tert-OH is 1. The predicted molar refractivity (Wildman–Crippen MR) is 68.8 cm³/mol. The molecule has 1 heterocycles. The minimum Gasteiger partial charge on any atom is -0.509 e. The number of hydrogen-bond acceptors (Lipinski definition) is 2. The summed E-state index contributed by atoms with van der Waals surface area (Å²) in [6.07, 6.45) is 1.58. The SMILES string of the molecule is O=C1NC2(CC2)C(O)=C1c1cc(Br)ccc1Cl. The van der Waals surface area contributed by atoms with Crippen LogP contribution in [0.15, 0.2) is 28.4 Å². The maximum atomic E-state index is 11.9. The molecule has 88 valence electrons. The first-order chi connectivity index (χ1) is 8.03. The first-order valence-corrected chi connectivity index (χ1v) is 6.42. The van der Waals surface area contributed by atoms with Crippen molar-refractivity contribution in [3.05, 3.63) is 39.0 Å². The summed E-state index contributed by atoms with van der Waals surface area (Å²) in [4.78, 5) is 11.9. The van der Waals surface area contributed by atoms with Gasteiger partial charge < -0.3 is 10.4 Å². The molecular formula is C12H9BrClNO2. The van der Waals surface area contributed by atoms with Crippen molar-refractivity contribution in [3.63, 3.8) is 0 Å². The topological polar surface area (TPSA) is 49.3 Å². The smallest absolute Gasteiger partial charge is 0.256 e. The van der Waals surface area contributed by atoms with Gasteiger partial charge in [-0.2, -0.15) is 0 Å². The van der Waals surface area contributed by atoms with Crippen molar-refractivity contribution in [3.8, 4) is 0 Å². The highest BCUT2D eigenvalue weighted by Crippen LogP contribution is 2.48. The molecule has 1 spiro atoms. The van der Waals surface area contributed by atoms with Gasteiger partial charge in [-0.15, -0.1) is 0 Å². The molecular weight excluding hydrogens is 305 g/mol. The highest BCUT2D eigenvalue weighted by molar-refractivity contribution is 9.10. The fourth-order valence-electron chi connectivity index (χ4n) is 2.11. The number of halogens is 2. The number of hydrogen-bond donors (Lipinski definition) is 2. The van der Waals surface area contributed by atoms with Gasteiger partial charge in [0, 0.05) is 15.1 Å². The van der Waals surface area contributed by atoms with E-state index in [0.717, 1.165) is 17.3 Å². The van der Waals surface area contributed by atoms with Crippen LogP contribution in [-0.2, 0) is 4.79 Å². The number of amides is 1. The molecule has 2 aliphatic rings. The summed E-state index contributed by atoms with van der Waals surface area (Å²) in [6, 6.07) is 5.24. The van der Waals surface area contributed by atoms with E-state index in [1.54, 1.807) is 18.2 Å². The van der Waals surface area contributed by atoms with E-state index in [4.69, 9.17) is 11.6 Å². The molecule has 3 nitrogen and oxygen atoms in total. The van der Waals surface area contributed by atoms with Crippen molar-refractivity contribution in [2.24, 2.45) is 0 Å². The first kappa shape index (κ1) is 11.1. The molecule has 0 saturated heterocycles. The van der Waals surface area contributed by atoms with E-state index in [1.807, 2.05) is 0 Å². The fourth-order valence-corrected chi connectivity index (χ4v) is 2.68. The molecule has 1 aliphatic carbocycles. The van der Waals surface area contributed by atoms with Gasteiger partial charge in [0.1, 0.15) is 5.76 Å². The van der Waals surface area contributed by atoms with Crippen molar-refractivity contribution in [2.45, 2.75) is 18.4 Å². The number of carbonyl (C=O) groups is 1. The van der Waals surface area contributed by atoms with Crippen LogP contribution >= 0.6 is 27.5 Å². The molecule has 0 atom stereocenters. The first-order valence-electron chi connectivity index (χ1n) is 5.25. The Morgan fingerprint density at radius 1 is 1.41 bits per heavy atom. The lowest BCUT2D eigenvalue weighted by Crippen LogP contribution is -2.30. The summed E-state index contributed by atoms with van der Waals surface area (Å²) in [5, 5.41) is 13.4. The third-order valence-electron chi connectivity index (χ3n) is 3.22. The van der Waals surface area contributed by atoms with E-state index >= 15 is 0 Å². The second kappa shape index (κ2) is 3.50. The fraction of sp³-hybridized carbons (Fsp3) is 0.250. The number of benzene rings is 1. The summed E-state index contributed by atoms with van der Waals surface area (Å²) < 4.78 is 0.821. The van der Waals surface area contributed by atoms with Crippen molar-refractivity contribution < 1.29 is 9.90 Å². The van der Waals surface area contributed by atoms with Crippen molar-refractivity contribution in [2.75, 3.05) is 0 Å². The van der Waals surface area contributed by atoms with Gasteiger partial charge in [0.15, 0.2) is 0 Å². The zero-order valence-corrected chi connectivity index (χ0v) is 11.1.